The first-order valence-electron chi connectivity index (χ1n) is 8.04. The lowest BCUT2D eigenvalue weighted by atomic mass is 9.85. The summed E-state index contributed by atoms with van der Waals surface area (Å²) in [5.41, 5.74) is 0.989. The van der Waals surface area contributed by atoms with Crippen molar-refractivity contribution in [1.82, 2.24) is 4.90 Å². The minimum absolute atomic E-state index is 0.109. The number of nitrogens with zero attached hydrogens (tertiary/aromatic N) is 1. The zero-order valence-electron chi connectivity index (χ0n) is 13.6. The lowest BCUT2D eigenvalue weighted by molar-refractivity contribution is -0.142. The molecule has 0 aliphatic carbocycles. The lowest BCUT2D eigenvalue weighted by Gasteiger charge is -2.18. The van der Waals surface area contributed by atoms with Crippen molar-refractivity contribution in [3.8, 4) is 11.5 Å². The molecule has 1 aromatic rings. The molecule has 0 saturated carbocycles. The maximum Gasteiger partial charge on any atom is 0.236 e. The van der Waals surface area contributed by atoms with Crippen LogP contribution in [0.1, 0.15) is 5.56 Å². The number of amides is 2. The number of imide groups is 1. The smallest absolute Gasteiger partial charge is 0.236 e. The van der Waals surface area contributed by atoms with E-state index in [1.807, 2.05) is 30.4 Å². The normalized spacial score (nSPS) is 30.2. The van der Waals surface area contributed by atoms with E-state index in [0.717, 1.165) is 5.56 Å². The topological polar surface area (TPSA) is 65.1 Å². The molecule has 4 atom stereocenters. The van der Waals surface area contributed by atoms with E-state index in [9.17, 15) is 9.59 Å². The Bertz CT molecular complexity index is 698. The van der Waals surface area contributed by atoms with Crippen LogP contribution >= 0.6 is 0 Å². The average Bonchev–Trinajstić information content (AvgIpc) is 3.27. The Kier molecular flexibility index (Phi) is 3.57. The summed E-state index contributed by atoms with van der Waals surface area (Å²) in [6.07, 6.45) is 3.91. The molecule has 0 radical (unpaired) electrons. The van der Waals surface area contributed by atoms with E-state index in [0.29, 0.717) is 24.5 Å². The van der Waals surface area contributed by atoms with Gasteiger partial charge < -0.3 is 14.2 Å². The van der Waals surface area contributed by atoms with Crippen LogP contribution in [-0.4, -0.2) is 49.7 Å². The second kappa shape index (κ2) is 5.63. The fraction of sp³-hybridized carbons (Fsp3) is 0.444. The molecule has 2 bridgehead atoms. The molecular weight excluding hydrogens is 310 g/mol. The Labute approximate surface area is 140 Å². The summed E-state index contributed by atoms with van der Waals surface area (Å²) in [4.78, 5) is 26.5. The molecule has 6 heteroatoms. The number of ether oxygens (including phenoxy) is 3. The van der Waals surface area contributed by atoms with Gasteiger partial charge in [-0.25, -0.2) is 0 Å². The number of likely N-dealkylation sites (tertiary alicyclic amines) is 1. The van der Waals surface area contributed by atoms with Gasteiger partial charge in [0.1, 0.15) is 0 Å². The number of methoxy groups -OCH3 is 2. The van der Waals surface area contributed by atoms with Gasteiger partial charge in [-0.15, -0.1) is 0 Å². The zero-order valence-corrected chi connectivity index (χ0v) is 13.6. The number of rotatable bonds is 5. The molecule has 126 valence electrons. The van der Waals surface area contributed by atoms with Crippen molar-refractivity contribution < 1.29 is 23.8 Å². The van der Waals surface area contributed by atoms with E-state index in [-0.39, 0.29) is 35.9 Å². The minimum Gasteiger partial charge on any atom is -0.493 e. The SMILES string of the molecule is COc1ccc(CCN2C(=O)[C@@H]3[C@H](C2=O)[C@H]2C=C[C@@H]3O2)cc1OC. The summed E-state index contributed by atoms with van der Waals surface area (Å²) < 4.78 is 16.1. The highest BCUT2D eigenvalue weighted by molar-refractivity contribution is 6.06. The average molecular weight is 329 g/mol. The van der Waals surface area contributed by atoms with Gasteiger partial charge >= 0.3 is 0 Å². The van der Waals surface area contributed by atoms with Gasteiger partial charge in [-0.1, -0.05) is 18.2 Å². The Morgan fingerprint density at radius 3 is 2.21 bits per heavy atom. The summed E-state index contributed by atoms with van der Waals surface area (Å²) in [6, 6.07) is 5.62. The molecule has 3 aliphatic rings. The highest BCUT2D eigenvalue weighted by Crippen LogP contribution is 2.45. The number of carbonyl (C=O) groups excluding carboxylic acids is 2. The van der Waals surface area contributed by atoms with E-state index in [2.05, 4.69) is 0 Å². The van der Waals surface area contributed by atoms with Crippen LogP contribution in [-0.2, 0) is 20.7 Å². The predicted octanol–water partition coefficient (Wildman–Crippen LogP) is 1.18. The third-order valence-corrected chi connectivity index (χ3v) is 5.07. The predicted molar refractivity (Wildman–Crippen MR) is 84.8 cm³/mol. The first-order chi connectivity index (χ1) is 11.6. The number of carbonyl (C=O) groups is 2. The Morgan fingerprint density at radius 1 is 1.00 bits per heavy atom. The van der Waals surface area contributed by atoms with E-state index in [1.54, 1.807) is 14.2 Å². The van der Waals surface area contributed by atoms with Crippen molar-refractivity contribution in [2.75, 3.05) is 20.8 Å². The molecule has 4 rings (SSSR count). The minimum atomic E-state index is -0.335. The quantitative estimate of drug-likeness (QED) is 0.600. The molecule has 2 fully saturated rings. The van der Waals surface area contributed by atoms with Crippen molar-refractivity contribution in [3.05, 3.63) is 35.9 Å². The van der Waals surface area contributed by atoms with E-state index in [4.69, 9.17) is 14.2 Å². The van der Waals surface area contributed by atoms with Crippen LogP contribution in [0, 0.1) is 11.8 Å². The van der Waals surface area contributed by atoms with Crippen LogP contribution in [0.15, 0.2) is 30.4 Å². The van der Waals surface area contributed by atoms with Crippen LogP contribution in [0.25, 0.3) is 0 Å². The molecule has 2 saturated heterocycles. The van der Waals surface area contributed by atoms with Crippen LogP contribution in [0.4, 0.5) is 0 Å². The highest BCUT2D eigenvalue weighted by atomic mass is 16.5. The Hall–Kier alpha value is -2.34. The molecule has 0 aromatic heterocycles. The molecular formula is C18H19NO5. The number of hydrogen-bond donors (Lipinski definition) is 0. The molecule has 0 unspecified atom stereocenters. The molecule has 2 amide bonds. The van der Waals surface area contributed by atoms with Gasteiger partial charge in [-0.2, -0.15) is 0 Å². The van der Waals surface area contributed by atoms with Crippen molar-refractivity contribution in [3.63, 3.8) is 0 Å². The van der Waals surface area contributed by atoms with Crippen LogP contribution in [0.5, 0.6) is 11.5 Å². The Balaban J connectivity index is 1.47. The number of hydrogen-bond acceptors (Lipinski definition) is 5. The van der Waals surface area contributed by atoms with Crippen molar-refractivity contribution in [2.45, 2.75) is 18.6 Å². The largest absolute Gasteiger partial charge is 0.493 e. The number of fused-ring (bicyclic) bond motifs is 5. The van der Waals surface area contributed by atoms with Gasteiger partial charge in [-0.05, 0) is 24.1 Å². The third-order valence-electron chi connectivity index (χ3n) is 5.07. The van der Waals surface area contributed by atoms with Crippen LogP contribution in [0.2, 0.25) is 0 Å². The van der Waals surface area contributed by atoms with Crippen molar-refractivity contribution in [2.24, 2.45) is 11.8 Å². The second-order valence-corrected chi connectivity index (χ2v) is 6.27. The summed E-state index contributed by atoms with van der Waals surface area (Å²) in [6.45, 7) is 0.375. The summed E-state index contributed by atoms with van der Waals surface area (Å²) >= 11 is 0. The van der Waals surface area contributed by atoms with Crippen LogP contribution < -0.4 is 9.47 Å². The van der Waals surface area contributed by atoms with Gasteiger partial charge in [0.25, 0.3) is 0 Å². The third kappa shape index (κ3) is 2.13. The molecule has 0 N–H and O–H groups in total. The molecule has 1 aromatic carbocycles. The second-order valence-electron chi connectivity index (χ2n) is 6.27. The van der Waals surface area contributed by atoms with Gasteiger partial charge in [-0.3, -0.25) is 14.5 Å². The standard InChI is InChI=1S/C18H19NO5/c1-22-11-4-3-10(9-14(11)23-2)7-8-19-17(20)15-12-5-6-13(24-12)16(15)18(19)21/h3-6,9,12-13,15-16H,7-8H2,1-2H3/t12-,13+,15-,16+. The highest BCUT2D eigenvalue weighted by Gasteiger charge is 2.60. The summed E-state index contributed by atoms with van der Waals surface area (Å²) in [5, 5.41) is 0. The fourth-order valence-corrected chi connectivity index (χ4v) is 3.86. The molecule has 6 nitrogen and oxygen atoms in total. The van der Waals surface area contributed by atoms with Crippen molar-refractivity contribution in [1.29, 1.82) is 0 Å². The van der Waals surface area contributed by atoms with E-state index >= 15 is 0 Å². The van der Waals surface area contributed by atoms with Gasteiger partial charge in [0, 0.05) is 6.54 Å². The maximum absolute atomic E-state index is 12.6. The summed E-state index contributed by atoms with van der Waals surface area (Å²) in [5.74, 6) is 0.408. The number of benzene rings is 1. The van der Waals surface area contributed by atoms with E-state index in [1.165, 1.54) is 4.90 Å². The monoisotopic (exact) mass is 329 g/mol. The van der Waals surface area contributed by atoms with E-state index < -0.39 is 0 Å². The zero-order chi connectivity index (χ0) is 16.8. The first-order valence-corrected chi connectivity index (χ1v) is 8.04. The fourth-order valence-electron chi connectivity index (χ4n) is 3.86. The molecule has 24 heavy (non-hydrogen) atoms. The lowest BCUT2D eigenvalue weighted by Crippen LogP contribution is -2.36. The molecule has 0 spiro atoms. The Morgan fingerprint density at radius 2 is 1.62 bits per heavy atom. The first kappa shape index (κ1) is 15.2. The van der Waals surface area contributed by atoms with Crippen LogP contribution in [0.3, 0.4) is 0 Å². The molecule has 3 heterocycles. The molecule has 3 aliphatic heterocycles. The maximum atomic E-state index is 12.6. The summed E-state index contributed by atoms with van der Waals surface area (Å²) in [7, 11) is 3.17. The van der Waals surface area contributed by atoms with Gasteiger partial charge in [0.05, 0.1) is 38.3 Å². The van der Waals surface area contributed by atoms with Gasteiger partial charge in [0.2, 0.25) is 11.8 Å². The van der Waals surface area contributed by atoms with Crippen molar-refractivity contribution >= 4 is 11.8 Å². The van der Waals surface area contributed by atoms with Gasteiger partial charge in [0.15, 0.2) is 11.5 Å².